The first-order valence-electron chi connectivity index (χ1n) is 8.90. The number of alkyl carbamates (subject to hydrolysis) is 1. The third-order valence-electron chi connectivity index (χ3n) is 4.49. The molecular weight excluding hydrogens is 336 g/mol. The van der Waals surface area contributed by atoms with E-state index < -0.39 is 24.1 Å². The maximum absolute atomic E-state index is 12.9. The van der Waals surface area contributed by atoms with E-state index in [1.807, 2.05) is 30.3 Å². The average molecular weight is 362 g/mol. The van der Waals surface area contributed by atoms with E-state index in [4.69, 9.17) is 4.74 Å². The number of carbonyl (C=O) groups is 3. The number of nitrogens with zero attached hydrogens (tertiary/aromatic N) is 1. The molecule has 0 saturated carbocycles. The second kappa shape index (κ2) is 9.22. The second-order valence-electron chi connectivity index (χ2n) is 6.81. The molecule has 142 valence electrons. The fraction of sp³-hybridized carbons (Fsp3) is 0.526. The van der Waals surface area contributed by atoms with Crippen LogP contribution < -0.4 is 5.32 Å². The first kappa shape index (κ1) is 19.8. The van der Waals surface area contributed by atoms with Gasteiger partial charge in [0.25, 0.3) is 0 Å². The highest BCUT2D eigenvalue weighted by molar-refractivity contribution is 5.89. The van der Waals surface area contributed by atoms with E-state index in [0.717, 1.165) is 18.4 Å². The Balaban J connectivity index is 1.99. The lowest BCUT2D eigenvalue weighted by molar-refractivity contribution is -0.153. The first-order valence-corrected chi connectivity index (χ1v) is 8.90. The standard InChI is InChI=1S/C19H26N2O5/c1-13(2)16(17(22)21-11-7-6-10-15(21)18(23)24)20-19(25)26-12-14-8-4-3-5-9-14/h3-5,8-9,13,15-16H,6-7,10-12H2,1-2H3,(H,20,25)(H,23,24)/t15-,16-/m0/s1. The van der Waals surface area contributed by atoms with E-state index in [1.165, 1.54) is 4.90 Å². The molecule has 1 aromatic rings. The van der Waals surface area contributed by atoms with Gasteiger partial charge in [0, 0.05) is 6.54 Å². The van der Waals surface area contributed by atoms with Crippen molar-refractivity contribution in [3.05, 3.63) is 35.9 Å². The van der Waals surface area contributed by atoms with Crippen molar-refractivity contribution in [2.24, 2.45) is 5.92 Å². The number of carboxylic acid groups (broad SMARTS) is 1. The predicted molar refractivity (Wildman–Crippen MR) is 95.4 cm³/mol. The molecule has 2 rings (SSSR count). The Bertz CT molecular complexity index is 632. The molecule has 1 fully saturated rings. The van der Waals surface area contributed by atoms with Crippen LogP contribution in [-0.2, 0) is 20.9 Å². The van der Waals surface area contributed by atoms with Crippen LogP contribution in [-0.4, -0.2) is 46.6 Å². The van der Waals surface area contributed by atoms with Gasteiger partial charge in [-0.1, -0.05) is 44.2 Å². The molecule has 2 atom stereocenters. The molecule has 2 N–H and O–H groups in total. The third kappa shape index (κ3) is 5.21. The lowest BCUT2D eigenvalue weighted by Gasteiger charge is -2.36. The topological polar surface area (TPSA) is 95.9 Å². The Morgan fingerprint density at radius 2 is 1.92 bits per heavy atom. The summed E-state index contributed by atoms with van der Waals surface area (Å²) in [5, 5.41) is 12.0. The maximum Gasteiger partial charge on any atom is 0.408 e. The smallest absolute Gasteiger partial charge is 0.408 e. The van der Waals surface area contributed by atoms with Crippen LogP contribution in [0.3, 0.4) is 0 Å². The number of hydrogen-bond acceptors (Lipinski definition) is 4. The quantitative estimate of drug-likeness (QED) is 0.810. The van der Waals surface area contributed by atoms with Crippen LogP contribution in [0.1, 0.15) is 38.7 Å². The van der Waals surface area contributed by atoms with Crippen LogP contribution in [0.25, 0.3) is 0 Å². The highest BCUT2D eigenvalue weighted by Crippen LogP contribution is 2.20. The summed E-state index contributed by atoms with van der Waals surface area (Å²) in [4.78, 5) is 37.8. The van der Waals surface area contributed by atoms with Gasteiger partial charge < -0.3 is 20.1 Å². The number of rotatable bonds is 6. The van der Waals surface area contributed by atoms with Gasteiger partial charge in [0.15, 0.2) is 0 Å². The molecule has 1 heterocycles. The van der Waals surface area contributed by atoms with E-state index in [1.54, 1.807) is 13.8 Å². The van der Waals surface area contributed by atoms with Gasteiger partial charge in [-0.15, -0.1) is 0 Å². The number of benzene rings is 1. The molecule has 1 saturated heterocycles. The zero-order valence-electron chi connectivity index (χ0n) is 15.2. The Hall–Kier alpha value is -2.57. The zero-order chi connectivity index (χ0) is 19.1. The number of hydrogen-bond donors (Lipinski definition) is 2. The minimum atomic E-state index is -1.01. The molecule has 0 aliphatic carbocycles. The van der Waals surface area contributed by atoms with Gasteiger partial charge in [-0.25, -0.2) is 9.59 Å². The van der Waals surface area contributed by atoms with Gasteiger partial charge in [-0.2, -0.15) is 0 Å². The predicted octanol–water partition coefficient (Wildman–Crippen LogP) is 2.40. The molecule has 0 bridgehead atoms. The number of amides is 2. The zero-order valence-corrected chi connectivity index (χ0v) is 15.2. The summed E-state index contributed by atoms with van der Waals surface area (Å²) in [5.41, 5.74) is 0.844. The summed E-state index contributed by atoms with van der Waals surface area (Å²) in [7, 11) is 0. The molecule has 0 radical (unpaired) electrons. The van der Waals surface area contributed by atoms with Crippen molar-refractivity contribution in [3.63, 3.8) is 0 Å². The minimum Gasteiger partial charge on any atom is -0.480 e. The van der Waals surface area contributed by atoms with Crippen molar-refractivity contribution >= 4 is 18.0 Å². The van der Waals surface area contributed by atoms with Gasteiger partial charge >= 0.3 is 12.1 Å². The molecule has 7 nitrogen and oxygen atoms in total. The molecule has 26 heavy (non-hydrogen) atoms. The summed E-state index contributed by atoms with van der Waals surface area (Å²) in [5.74, 6) is -1.57. The molecule has 7 heteroatoms. The van der Waals surface area contributed by atoms with Crippen molar-refractivity contribution in [2.45, 2.75) is 51.8 Å². The summed E-state index contributed by atoms with van der Waals surface area (Å²) >= 11 is 0. The largest absolute Gasteiger partial charge is 0.480 e. The van der Waals surface area contributed by atoms with Crippen LogP contribution in [0, 0.1) is 5.92 Å². The molecule has 0 unspecified atom stereocenters. The number of nitrogens with one attached hydrogen (secondary N) is 1. The van der Waals surface area contributed by atoms with Crippen molar-refractivity contribution in [3.8, 4) is 0 Å². The van der Waals surface area contributed by atoms with Crippen LogP contribution in [0.2, 0.25) is 0 Å². The average Bonchev–Trinajstić information content (AvgIpc) is 2.64. The van der Waals surface area contributed by atoms with Gasteiger partial charge in [-0.05, 0) is 30.7 Å². The number of carboxylic acids is 1. The molecular formula is C19H26N2O5. The van der Waals surface area contributed by atoms with E-state index in [2.05, 4.69) is 5.32 Å². The number of piperidine rings is 1. The van der Waals surface area contributed by atoms with Crippen molar-refractivity contribution in [2.75, 3.05) is 6.54 Å². The third-order valence-corrected chi connectivity index (χ3v) is 4.49. The lowest BCUT2D eigenvalue weighted by Crippen LogP contribution is -2.57. The van der Waals surface area contributed by atoms with Gasteiger partial charge in [-0.3, -0.25) is 4.79 Å². The Kier molecular flexibility index (Phi) is 7.00. The maximum atomic E-state index is 12.9. The number of likely N-dealkylation sites (tertiary alicyclic amines) is 1. The summed E-state index contributed by atoms with van der Waals surface area (Å²) in [6, 6.07) is 7.58. The molecule has 0 aromatic heterocycles. The van der Waals surface area contributed by atoms with Gasteiger partial charge in [0.1, 0.15) is 18.7 Å². The molecule has 1 aromatic carbocycles. The van der Waals surface area contributed by atoms with Crippen LogP contribution in [0.4, 0.5) is 4.79 Å². The number of ether oxygens (including phenoxy) is 1. The number of carbonyl (C=O) groups excluding carboxylic acids is 2. The monoisotopic (exact) mass is 362 g/mol. The highest BCUT2D eigenvalue weighted by Gasteiger charge is 2.37. The molecule has 1 aliphatic rings. The van der Waals surface area contributed by atoms with E-state index >= 15 is 0 Å². The summed E-state index contributed by atoms with van der Waals surface area (Å²) in [6.45, 7) is 4.10. The van der Waals surface area contributed by atoms with Crippen LogP contribution in [0.15, 0.2) is 30.3 Å². The Labute approximate surface area is 153 Å². The van der Waals surface area contributed by atoms with Crippen LogP contribution in [0.5, 0.6) is 0 Å². The highest BCUT2D eigenvalue weighted by atomic mass is 16.5. The Morgan fingerprint density at radius 1 is 1.23 bits per heavy atom. The molecule has 0 spiro atoms. The first-order chi connectivity index (χ1) is 12.4. The number of aliphatic carboxylic acids is 1. The van der Waals surface area contributed by atoms with Crippen LogP contribution >= 0.6 is 0 Å². The summed E-state index contributed by atoms with van der Waals surface area (Å²) < 4.78 is 5.18. The van der Waals surface area contributed by atoms with E-state index in [9.17, 15) is 19.5 Å². The Morgan fingerprint density at radius 3 is 2.54 bits per heavy atom. The fourth-order valence-electron chi connectivity index (χ4n) is 3.04. The second-order valence-corrected chi connectivity index (χ2v) is 6.81. The lowest BCUT2D eigenvalue weighted by atomic mass is 9.97. The SMILES string of the molecule is CC(C)[C@H](NC(=O)OCc1ccccc1)C(=O)N1CCCC[C@H]1C(=O)O. The fourth-order valence-corrected chi connectivity index (χ4v) is 3.04. The van der Waals surface area contributed by atoms with Gasteiger partial charge in [0.05, 0.1) is 0 Å². The normalized spacial score (nSPS) is 18.3. The molecule has 1 aliphatic heterocycles. The minimum absolute atomic E-state index is 0.104. The van der Waals surface area contributed by atoms with Crippen molar-refractivity contribution < 1.29 is 24.2 Å². The van der Waals surface area contributed by atoms with Crippen molar-refractivity contribution in [1.29, 1.82) is 0 Å². The molecule has 2 amide bonds. The van der Waals surface area contributed by atoms with E-state index in [0.29, 0.717) is 13.0 Å². The van der Waals surface area contributed by atoms with Gasteiger partial charge in [0.2, 0.25) is 5.91 Å². The van der Waals surface area contributed by atoms with Crippen molar-refractivity contribution in [1.82, 2.24) is 10.2 Å². The van der Waals surface area contributed by atoms with E-state index in [-0.39, 0.29) is 18.4 Å². The summed E-state index contributed by atoms with van der Waals surface area (Å²) in [6.07, 6.45) is 1.28.